The first-order chi connectivity index (χ1) is 14.0. The van der Waals surface area contributed by atoms with Crippen molar-refractivity contribution >= 4 is 36.9 Å². The quantitative estimate of drug-likeness (QED) is 0.263. The minimum atomic E-state index is -2.71. The van der Waals surface area contributed by atoms with Gasteiger partial charge in [0.15, 0.2) is 0 Å². The number of aromatic nitrogens is 6. The molecule has 0 atom stereocenters. The second-order valence-corrected chi connectivity index (χ2v) is 9.97. The maximum absolute atomic E-state index is 6.02. The lowest BCUT2D eigenvalue weighted by atomic mass is 10.5. The van der Waals surface area contributed by atoms with Crippen molar-refractivity contribution in [2.75, 3.05) is 21.1 Å². The van der Waals surface area contributed by atoms with Crippen LogP contribution in [0.4, 0.5) is 0 Å². The Hall–Kier alpha value is -3.31. The van der Waals surface area contributed by atoms with Crippen LogP contribution in [0.15, 0.2) is 52.9 Å². The van der Waals surface area contributed by atoms with Crippen LogP contribution in [0.3, 0.4) is 0 Å². The number of H-pyrrole nitrogens is 3. The van der Waals surface area contributed by atoms with Gasteiger partial charge in [0.2, 0.25) is 0 Å². The Balaban J connectivity index is 1.87. The highest BCUT2D eigenvalue weighted by Gasteiger charge is 2.32. The molecule has 14 heteroatoms. The first-order valence-corrected chi connectivity index (χ1v) is 11.1. The Morgan fingerprint density at radius 3 is 1.28 bits per heavy atom. The lowest BCUT2D eigenvalue weighted by Crippen LogP contribution is -2.29. The average Bonchev–Trinajstić information content (AvgIpc) is 3.50. The van der Waals surface area contributed by atoms with Crippen LogP contribution in [-0.2, 0) is 11.8 Å². The Morgan fingerprint density at radius 1 is 0.724 bits per heavy atom. The predicted octanol–water partition coefficient (Wildman–Crippen LogP) is 1.28. The fourth-order valence-electron chi connectivity index (χ4n) is 2.21. The van der Waals surface area contributed by atoms with E-state index in [2.05, 4.69) is 45.2 Å². The molecular formula is C15H21N12PS. The number of aromatic amines is 3. The molecule has 3 rings (SSSR count). The third-order valence-corrected chi connectivity index (χ3v) is 8.48. The van der Waals surface area contributed by atoms with Gasteiger partial charge in [-0.3, -0.25) is 0 Å². The highest BCUT2D eigenvalue weighted by molar-refractivity contribution is 8.11. The molecule has 0 aromatic carbocycles. The molecule has 0 radical (unpaired) electrons. The molecule has 3 N–H and O–H groups in total. The van der Waals surface area contributed by atoms with Crippen molar-refractivity contribution in [1.29, 1.82) is 0 Å². The molecule has 0 amide bonds. The summed E-state index contributed by atoms with van der Waals surface area (Å²) in [6.45, 7) is -2.71. The maximum atomic E-state index is 6.02. The van der Waals surface area contributed by atoms with Crippen molar-refractivity contribution < 1.29 is 0 Å². The molecule has 0 unspecified atom stereocenters. The minimum Gasteiger partial charge on any atom is -0.344 e. The van der Waals surface area contributed by atoms with Crippen LogP contribution >= 0.6 is 6.49 Å². The highest BCUT2D eigenvalue weighted by atomic mass is 32.4. The van der Waals surface area contributed by atoms with Gasteiger partial charge >= 0.3 is 0 Å². The molecule has 12 nitrogen and oxygen atoms in total. The second-order valence-electron chi connectivity index (χ2n) is 5.74. The molecule has 0 fully saturated rings. The Labute approximate surface area is 172 Å². The number of rotatable bonds is 9. The van der Waals surface area contributed by atoms with Crippen molar-refractivity contribution in [1.82, 2.24) is 44.2 Å². The van der Waals surface area contributed by atoms with Crippen LogP contribution in [0.25, 0.3) is 0 Å². The minimum absolute atomic E-state index is 0.755. The van der Waals surface area contributed by atoms with Crippen molar-refractivity contribution in [2.45, 2.75) is 0 Å². The lowest BCUT2D eigenvalue weighted by molar-refractivity contribution is 0.417. The van der Waals surface area contributed by atoms with E-state index in [9.17, 15) is 0 Å². The van der Waals surface area contributed by atoms with E-state index >= 15 is 0 Å². The molecule has 152 valence electrons. The van der Waals surface area contributed by atoms with Gasteiger partial charge in [0.1, 0.15) is 0 Å². The summed E-state index contributed by atoms with van der Waals surface area (Å²) in [6, 6.07) is 0. The molecule has 0 aliphatic carbocycles. The van der Waals surface area contributed by atoms with E-state index < -0.39 is 6.49 Å². The van der Waals surface area contributed by atoms with Gasteiger partial charge < -0.3 is 15.0 Å². The Bertz CT molecular complexity index is 863. The van der Waals surface area contributed by atoms with Crippen LogP contribution in [0.1, 0.15) is 17.1 Å². The molecule has 0 saturated carbocycles. The Kier molecular flexibility index (Phi) is 6.52. The zero-order valence-electron chi connectivity index (χ0n) is 16.1. The van der Waals surface area contributed by atoms with Gasteiger partial charge in [-0.05, 0) is 11.8 Å². The smallest absolute Gasteiger partial charge is 0.265 e. The van der Waals surface area contributed by atoms with Gasteiger partial charge in [0.25, 0.3) is 6.49 Å². The van der Waals surface area contributed by atoms with Crippen LogP contribution in [0.2, 0.25) is 0 Å². The van der Waals surface area contributed by atoms with Crippen LogP contribution in [0.5, 0.6) is 0 Å². The molecule has 0 bridgehead atoms. The fraction of sp³-hybridized carbons (Fsp3) is 0.200. The zero-order valence-corrected chi connectivity index (χ0v) is 17.8. The fourth-order valence-corrected chi connectivity index (χ4v) is 4.27. The summed E-state index contributed by atoms with van der Waals surface area (Å²) in [4.78, 5) is 20.9. The molecule has 0 aliphatic rings. The van der Waals surface area contributed by atoms with Crippen molar-refractivity contribution in [3.63, 3.8) is 0 Å². The Morgan fingerprint density at radius 2 is 1.03 bits per heavy atom. The van der Waals surface area contributed by atoms with Crippen molar-refractivity contribution in [3.05, 3.63) is 54.7 Å². The van der Waals surface area contributed by atoms with E-state index in [-0.39, 0.29) is 0 Å². The van der Waals surface area contributed by atoms with E-state index in [1.165, 1.54) is 0 Å². The molecule has 3 heterocycles. The van der Waals surface area contributed by atoms with Crippen LogP contribution < -0.4 is 0 Å². The zero-order chi connectivity index (χ0) is 20.7. The summed E-state index contributed by atoms with van der Waals surface area (Å²) in [7, 11) is 5.37. The number of hydrogen-bond donors (Lipinski definition) is 3. The monoisotopic (exact) mass is 432 g/mol. The normalized spacial score (nSPS) is 12.4. The SMILES string of the molecule is CN(N=Cc1cnc[nH]1)P(=S)(N(C)/N=C/c1cnc[nH]1)N(C)/N=C/c1cnc[nH]1. The summed E-state index contributed by atoms with van der Waals surface area (Å²) in [5.74, 6) is 0. The van der Waals surface area contributed by atoms with E-state index in [0.29, 0.717) is 0 Å². The second kappa shape index (κ2) is 9.26. The summed E-state index contributed by atoms with van der Waals surface area (Å²) >= 11 is 6.02. The number of imidazole rings is 3. The van der Waals surface area contributed by atoms with Crippen molar-refractivity contribution in [2.24, 2.45) is 15.3 Å². The molecular weight excluding hydrogens is 411 g/mol. The average molecular weight is 432 g/mol. The molecule has 0 spiro atoms. The standard InChI is InChI=1S/C15H21N12PS/c1-25(22-7-13-4-16-10-19-13)28(29,26(2)23-8-14-5-17-11-20-14)27(3)24-9-15-6-18-12-21-15/h4-12H,1-3H3,(H,16,19)(H,17,20)(H,18,21)/b22-7+,23-8+,24-9?. The first-order valence-electron chi connectivity index (χ1n) is 8.40. The highest BCUT2D eigenvalue weighted by Crippen LogP contribution is 2.55. The van der Waals surface area contributed by atoms with Gasteiger partial charge in [-0.15, -0.1) is 0 Å². The third-order valence-electron chi connectivity index (χ3n) is 3.78. The van der Waals surface area contributed by atoms with Crippen molar-refractivity contribution in [3.8, 4) is 0 Å². The van der Waals surface area contributed by atoms with Gasteiger partial charge in [-0.1, -0.05) is 0 Å². The largest absolute Gasteiger partial charge is 0.344 e. The molecule has 3 aromatic rings. The molecule has 0 aliphatic heterocycles. The predicted molar refractivity (Wildman–Crippen MR) is 116 cm³/mol. The number of hydrazone groups is 3. The molecule has 29 heavy (non-hydrogen) atoms. The van der Waals surface area contributed by atoms with E-state index in [1.807, 2.05) is 0 Å². The number of nitrogens with zero attached hydrogens (tertiary/aromatic N) is 9. The van der Waals surface area contributed by atoms with Gasteiger partial charge in [-0.25, -0.2) is 29.3 Å². The van der Waals surface area contributed by atoms with Gasteiger partial charge in [0, 0.05) is 21.1 Å². The van der Waals surface area contributed by atoms with E-state index in [1.54, 1.807) is 91.7 Å². The topological polar surface area (TPSA) is 133 Å². The number of nitrogens with one attached hydrogen (secondary N) is 3. The third kappa shape index (κ3) is 4.95. The maximum Gasteiger partial charge on any atom is 0.265 e. The summed E-state index contributed by atoms with van der Waals surface area (Å²) in [5.41, 5.74) is 2.27. The van der Waals surface area contributed by atoms with Gasteiger partial charge in [0.05, 0.1) is 73.3 Å². The lowest BCUT2D eigenvalue weighted by Gasteiger charge is -2.39. The van der Waals surface area contributed by atoms with E-state index in [0.717, 1.165) is 17.1 Å². The van der Waals surface area contributed by atoms with Gasteiger partial charge in [-0.2, -0.15) is 15.3 Å². The first kappa shape index (κ1) is 20.4. The molecule has 3 aromatic heterocycles. The molecule has 0 saturated heterocycles. The summed E-state index contributed by atoms with van der Waals surface area (Å²) in [6.07, 6.45) is 14.7. The van der Waals surface area contributed by atoms with Crippen LogP contribution in [-0.4, -0.2) is 84.0 Å². The number of hydrogen-bond acceptors (Lipinski definition) is 7. The summed E-state index contributed by atoms with van der Waals surface area (Å²) in [5, 5.41) is 13.4. The van der Waals surface area contributed by atoms with Crippen LogP contribution in [0, 0.1) is 0 Å². The summed E-state index contributed by atoms with van der Waals surface area (Å²) < 4.78 is 5.04. The van der Waals surface area contributed by atoms with E-state index in [4.69, 9.17) is 11.8 Å².